The van der Waals surface area contributed by atoms with E-state index in [-0.39, 0.29) is 11.3 Å². The van der Waals surface area contributed by atoms with Gasteiger partial charge >= 0.3 is 5.97 Å². The maximum absolute atomic E-state index is 13.5. The number of hydrogen-bond acceptors (Lipinski definition) is 3. The minimum Gasteiger partial charge on any atom is -0.476 e. The maximum Gasteiger partial charge on any atom is 0.356 e. The SMILES string of the molecule is N#Cc1cc(-n2nc(C(=O)O)cc2-c2cccc(Cl)c2)ccc1F. The van der Waals surface area contributed by atoms with Crippen LogP contribution in [0.2, 0.25) is 5.02 Å². The van der Waals surface area contributed by atoms with Gasteiger partial charge in [0.25, 0.3) is 0 Å². The van der Waals surface area contributed by atoms with Crippen LogP contribution in [0.3, 0.4) is 0 Å². The smallest absolute Gasteiger partial charge is 0.356 e. The molecule has 0 atom stereocenters. The number of aromatic nitrogens is 2. The minimum atomic E-state index is -1.19. The van der Waals surface area contributed by atoms with Gasteiger partial charge in [0.1, 0.15) is 11.9 Å². The van der Waals surface area contributed by atoms with E-state index in [9.17, 15) is 14.3 Å². The molecule has 0 aliphatic carbocycles. The van der Waals surface area contributed by atoms with Gasteiger partial charge in [0.15, 0.2) is 5.69 Å². The third-order valence-corrected chi connectivity index (χ3v) is 3.60. The molecule has 0 aliphatic heterocycles. The fraction of sp³-hybridized carbons (Fsp3) is 0. The summed E-state index contributed by atoms with van der Waals surface area (Å²) in [7, 11) is 0. The Labute approximate surface area is 141 Å². The van der Waals surface area contributed by atoms with Crippen LogP contribution in [-0.2, 0) is 0 Å². The molecule has 118 valence electrons. The van der Waals surface area contributed by atoms with Crippen LogP contribution in [0.4, 0.5) is 4.39 Å². The van der Waals surface area contributed by atoms with Crippen molar-refractivity contribution in [1.29, 1.82) is 5.26 Å². The van der Waals surface area contributed by atoms with Crippen LogP contribution in [-0.4, -0.2) is 20.9 Å². The largest absolute Gasteiger partial charge is 0.476 e. The lowest BCUT2D eigenvalue weighted by Gasteiger charge is -2.08. The molecule has 0 amide bonds. The number of benzene rings is 2. The first-order chi connectivity index (χ1) is 11.5. The fourth-order valence-electron chi connectivity index (χ4n) is 2.27. The third-order valence-electron chi connectivity index (χ3n) is 3.36. The van der Waals surface area contributed by atoms with Crippen LogP contribution >= 0.6 is 11.6 Å². The van der Waals surface area contributed by atoms with Crippen molar-refractivity contribution in [3.63, 3.8) is 0 Å². The van der Waals surface area contributed by atoms with Crippen molar-refractivity contribution in [3.8, 4) is 23.0 Å². The van der Waals surface area contributed by atoms with Gasteiger partial charge in [0, 0.05) is 10.6 Å². The van der Waals surface area contributed by atoms with E-state index < -0.39 is 11.8 Å². The molecule has 0 unspecified atom stereocenters. The molecule has 2 aromatic carbocycles. The van der Waals surface area contributed by atoms with E-state index in [2.05, 4.69) is 5.10 Å². The van der Waals surface area contributed by atoms with Gasteiger partial charge in [-0.1, -0.05) is 23.7 Å². The summed E-state index contributed by atoms with van der Waals surface area (Å²) >= 11 is 5.99. The maximum atomic E-state index is 13.5. The number of halogens is 2. The molecular formula is C17H9ClFN3O2. The monoisotopic (exact) mass is 341 g/mol. The second kappa shape index (κ2) is 6.14. The number of aromatic carboxylic acids is 1. The van der Waals surface area contributed by atoms with E-state index in [0.717, 1.165) is 6.07 Å². The highest BCUT2D eigenvalue weighted by molar-refractivity contribution is 6.30. The quantitative estimate of drug-likeness (QED) is 0.783. The van der Waals surface area contributed by atoms with Gasteiger partial charge in [0.2, 0.25) is 0 Å². The van der Waals surface area contributed by atoms with Crippen molar-refractivity contribution < 1.29 is 14.3 Å². The number of hydrogen-bond donors (Lipinski definition) is 1. The Morgan fingerprint density at radius 2 is 2.04 bits per heavy atom. The lowest BCUT2D eigenvalue weighted by Crippen LogP contribution is -2.03. The van der Waals surface area contributed by atoms with Gasteiger partial charge in [-0.05, 0) is 36.4 Å². The lowest BCUT2D eigenvalue weighted by atomic mass is 10.1. The van der Waals surface area contributed by atoms with Crippen LogP contribution in [0.5, 0.6) is 0 Å². The molecule has 0 saturated carbocycles. The molecule has 0 radical (unpaired) electrons. The zero-order valence-corrected chi connectivity index (χ0v) is 12.8. The summed E-state index contributed by atoms with van der Waals surface area (Å²) in [6, 6.07) is 13.8. The van der Waals surface area contributed by atoms with Gasteiger partial charge < -0.3 is 5.11 Å². The zero-order chi connectivity index (χ0) is 17.3. The van der Waals surface area contributed by atoms with Gasteiger partial charge in [0.05, 0.1) is 16.9 Å². The molecule has 0 saturated heterocycles. The zero-order valence-electron chi connectivity index (χ0n) is 12.1. The number of carbonyl (C=O) groups is 1. The summed E-state index contributed by atoms with van der Waals surface area (Å²) in [5.41, 5.74) is 1.15. The summed E-state index contributed by atoms with van der Waals surface area (Å²) in [5.74, 6) is -1.85. The van der Waals surface area contributed by atoms with Crippen molar-refractivity contribution in [3.05, 3.63) is 70.6 Å². The van der Waals surface area contributed by atoms with E-state index >= 15 is 0 Å². The number of nitriles is 1. The number of carboxylic acid groups (broad SMARTS) is 1. The Kier molecular flexibility index (Phi) is 4.02. The topological polar surface area (TPSA) is 78.9 Å². The van der Waals surface area contributed by atoms with Crippen LogP contribution in [0.15, 0.2) is 48.5 Å². The molecule has 0 aliphatic rings. The normalized spacial score (nSPS) is 10.4. The molecule has 3 aromatic rings. The lowest BCUT2D eigenvalue weighted by molar-refractivity contribution is 0.0690. The second-order valence-electron chi connectivity index (χ2n) is 4.92. The number of carboxylic acids is 1. The predicted molar refractivity (Wildman–Crippen MR) is 85.6 cm³/mol. The van der Waals surface area contributed by atoms with Crippen LogP contribution < -0.4 is 0 Å². The van der Waals surface area contributed by atoms with Crippen molar-refractivity contribution >= 4 is 17.6 Å². The molecule has 3 rings (SSSR count). The first kappa shape index (κ1) is 15.7. The average molecular weight is 342 g/mol. The van der Waals surface area contributed by atoms with Gasteiger partial charge in [-0.2, -0.15) is 10.4 Å². The molecule has 0 fully saturated rings. The van der Waals surface area contributed by atoms with Gasteiger partial charge in [-0.15, -0.1) is 0 Å². The molecule has 1 aromatic heterocycles. The molecule has 1 N–H and O–H groups in total. The van der Waals surface area contributed by atoms with Gasteiger partial charge in [-0.3, -0.25) is 0 Å². The Hall–Kier alpha value is -3.17. The van der Waals surface area contributed by atoms with Crippen LogP contribution in [0, 0.1) is 17.1 Å². The molecule has 5 nitrogen and oxygen atoms in total. The van der Waals surface area contributed by atoms with Crippen LogP contribution in [0.25, 0.3) is 16.9 Å². The van der Waals surface area contributed by atoms with Crippen LogP contribution in [0.1, 0.15) is 16.1 Å². The summed E-state index contributed by atoms with van der Waals surface area (Å²) in [6.45, 7) is 0. The molecule has 1 heterocycles. The predicted octanol–water partition coefficient (Wildman–Crippen LogP) is 3.90. The fourth-order valence-corrected chi connectivity index (χ4v) is 2.46. The Morgan fingerprint density at radius 1 is 1.25 bits per heavy atom. The minimum absolute atomic E-state index is 0.156. The molecular weight excluding hydrogens is 333 g/mol. The Balaban J connectivity index is 2.24. The molecule has 0 spiro atoms. The Bertz CT molecular complexity index is 992. The average Bonchev–Trinajstić information content (AvgIpc) is 3.01. The highest BCUT2D eigenvalue weighted by Gasteiger charge is 2.17. The van der Waals surface area contributed by atoms with Crippen molar-refractivity contribution in [2.24, 2.45) is 0 Å². The van der Waals surface area contributed by atoms with Gasteiger partial charge in [-0.25, -0.2) is 13.9 Å². The number of rotatable bonds is 3. The summed E-state index contributed by atoms with van der Waals surface area (Å²) in [4.78, 5) is 11.3. The Morgan fingerprint density at radius 3 is 2.71 bits per heavy atom. The highest BCUT2D eigenvalue weighted by atomic mass is 35.5. The van der Waals surface area contributed by atoms with E-state index in [4.69, 9.17) is 16.9 Å². The van der Waals surface area contributed by atoms with E-state index in [1.54, 1.807) is 30.3 Å². The van der Waals surface area contributed by atoms with Crippen molar-refractivity contribution in [2.75, 3.05) is 0 Å². The molecule has 24 heavy (non-hydrogen) atoms. The summed E-state index contributed by atoms with van der Waals surface area (Å²) < 4.78 is 14.9. The third kappa shape index (κ3) is 2.85. The van der Waals surface area contributed by atoms with Crippen molar-refractivity contribution in [2.45, 2.75) is 0 Å². The first-order valence-corrected chi connectivity index (χ1v) is 7.16. The second-order valence-corrected chi connectivity index (χ2v) is 5.35. The number of nitrogens with zero attached hydrogens (tertiary/aromatic N) is 3. The van der Waals surface area contributed by atoms with E-state index in [0.29, 0.717) is 22.0 Å². The summed E-state index contributed by atoms with van der Waals surface area (Å²) in [6.07, 6.45) is 0. The first-order valence-electron chi connectivity index (χ1n) is 6.79. The summed E-state index contributed by atoms with van der Waals surface area (Å²) in [5, 5.41) is 22.7. The standard InChI is InChI=1S/C17H9ClFN3O2/c18-12-3-1-2-10(6-12)16-8-15(17(23)24)21-22(16)13-4-5-14(19)11(7-13)9-20/h1-8H,(H,23,24). The molecule has 7 heteroatoms. The highest BCUT2D eigenvalue weighted by Crippen LogP contribution is 2.27. The van der Waals surface area contributed by atoms with E-state index in [1.165, 1.54) is 22.9 Å². The van der Waals surface area contributed by atoms with E-state index in [1.807, 2.05) is 0 Å². The van der Waals surface area contributed by atoms with Crippen molar-refractivity contribution in [1.82, 2.24) is 9.78 Å². The molecule has 0 bridgehead atoms.